The Balaban J connectivity index is 3.78. The zero-order valence-electron chi connectivity index (χ0n) is 7.86. The summed E-state index contributed by atoms with van der Waals surface area (Å²) >= 11 is 0. The molecule has 0 saturated carbocycles. The van der Waals surface area contributed by atoms with Crippen molar-refractivity contribution >= 4 is 0 Å². The van der Waals surface area contributed by atoms with E-state index in [1.54, 1.807) is 0 Å². The molecule has 0 fully saturated rings. The molecule has 0 bridgehead atoms. The Labute approximate surface area is 76.1 Å². The maximum absolute atomic E-state index is 11.7. The van der Waals surface area contributed by atoms with E-state index >= 15 is 0 Å². The standard InChI is InChI=1S/C8H16F3NO/c1-3-6(4-2)7(13)12-5-8(9,10)11/h6-7,12-13H,3-5H2,1-2H3. The van der Waals surface area contributed by atoms with Crippen LogP contribution in [0.25, 0.3) is 0 Å². The van der Waals surface area contributed by atoms with Crippen molar-refractivity contribution in [2.75, 3.05) is 6.54 Å². The zero-order chi connectivity index (χ0) is 10.5. The molecule has 0 aliphatic heterocycles. The molecule has 0 aliphatic rings. The number of aliphatic hydroxyl groups is 1. The van der Waals surface area contributed by atoms with Crippen molar-refractivity contribution in [2.45, 2.75) is 39.1 Å². The van der Waals surface area contributed by atoms with Gasteiger partial charge in [-0.2, -0.15) is 13.2 Å². The minimum Gasteiger partial charge on any atom is -0.378 e. The predicted octanol–water partition coefficient (Wildman–Crippen LogP) is 1.89. The largest absolute Gasteiger partial charge is 0.401 e. The molecule has 13 heavy (non-hydrogen) atoms. The van der Waals surface area contributed by atoms with E-state index in [1.807, 2.05) is 13.8 Å². The first-order valence-electron chi connectivity index (χ1n) is 4.38. The van der Waals surface area contributed by atoms with Gasteiger partial charge in [0.15, 0.2) is 0 Å². The third kappa shape index (κ3) is 5.87. The van der Waals surface area contributed by atoms with Crippen molar-refractivity contribution in [1.82, 2.24) is 5.32 Å². The SMILES string of the molecule is CCC(CC)C(O)NCC(F)(F)F. The Kier molecular flexibility index (Phi) is 5.32. The lowest BCUT2D eigenvalue weighted by atomic mass is 10.0. The summed E-state index contributed by atoms with van der Waals surface area (Å²) in [6, 6.07) is 0. The van der Waals surface area contributed by atoms with E-state index in [0.29, 0.717) is 12.8 Å². The van der Waals surface area contributed by atoms with Gasteiger partial charge in [-0.05, 0) is 18.8 Å². The van der Waals surface area contributed by atoms with Crippen molar-refractivity contribution in [3.8, 4) is 0 Å². The Bertz CT molecular complexity index is 134. The molecule has 5 heteroatoms. The average molecular weight is 199 g/mol. The van der Waals surface area contributed by atoms with Crippen molar-refractivity contribution in [2.24, 2.45) is 5.92 Å². The molecule has 0 aromatic heterocycles. The van der Waals surface area contributed by atoms with Gasteiger partial charge in [0.2, 0.25) is 0 Å². The molecule has 2 nitrogen and oxygen atoms in total. The molecule has 0 heterocycles. The van der Waals surface area contributed by atoms with Gasteiger partial charge in [0, 0.05) is 0 Å². The van der Waals surface area contributed by atoms with Gasteiger partial charge in [0.25, 0.3) is 0 Å². The Morgan fingerprint density at radius 1 is 1.23 bits per heavy atom. The molecular weight excluding hydrogens is 183 g/mol. The third-order valence-electron chi connectivity index (χ3n) is 2.01. The summed E-state index contributed by atoms with van der Waals surface area (Å²) in [5, 5.41) is 11.3. The van der Waals surface area contributed by atoms with E-state index in [1.165, 1.54) is 0 Å². The quantitative estimate of drug-likeness (QED) is 0.663. The number of rotatable bonds is 5. The molecule has 0 radical (unpaired) electrons. The first kappa shape index (κ1) is 12.7. The summed E-state index contributed by atoms with van der Waals surface area (Å²) < 4.78 is 35.1. The lowest BCUT2D eigenvalue weighted by molar-refractivity contribution is -0.133. The van der Waals surface area contributed by atoms with Crippen LogP contribution in [0.1, 0.15) is 26.7 Å². The van der Waals surface area contributed by atoms with Crippen LogP contribution in [0.3, 0.4) is 0 Å². The first-order valence-corrected chi connectivity index (χ1v) is 4.38. The minimum absolute atomic E-state index is 0.109. The van der Waals surface area contributed by atoms with E-state index < -0.39 is 18.9 Å². The fourth-order valence-electron chi connectivity index (χ4n) is 1.12. The number of nitrogens with one attached hydrogen (secondary N) is 1. The van der Waals surface area contributed by atoms with Crippen LogP contribution in [-0.2, 0) is 0 Å². The molecule has 2 N–H and O–H groups in total. The van der Waals surface area contributed by atoms with Crippen molar-refractivity contribution < 1.29 is 18.3 Å². The highest BCUT2D eigenvalue weighted by molar-refractivity contribution is 4.66. The van der Waals surface area contributed by atoms with Crippen LogP contribution in [0.2, 0.25) is 0 Å². The smallest absolute Gasteiger partial charge is 0.378 e. The molecule has 0 aromatic carbocycles. The van der Waals surface area contributed by atoms with Crippen LogP contribution < -0.4 is 5.32 Å². The Hall–Kier alpha value is -0.290. The maximum atomic E-state index is 11.7. The maximum Gasteiger partial charge on any atom is 0.401 e. The number of aliphatic hydroxyl groups excluding tert-OH is 1. The highest BCUT2D eigenvalue weighted by Gasteiger charge is 2.28. The average Bonchev–Trinajstić information content (AvgIpc) is 2.02. The highest BCUT2D eigenvalue weighted by Crippen LogP contribution is 2.15. The summed E-state index contributed by atoms with van der Waals surface area (Å²) in [4.78, 5) is 0. The van der Waals surface area contributed by atoms with E-state index in [-0.39, 0.29) is 5.92 Å². The molecule has 0 spiro atoms. The fourth-order valence-corrected chi connectivity index (χ4v) is 1.12. The molecule has 0 rings (SSSR count). The molecule has 1 atom stereocenters. The highest BCUT2D eigenvalue weighted by atomic mass is 19.4. The van der Waals surface area contributed by atoms with Gasteiger partial charge in [-0.15, -0.1) is 0 Å². The molecular formula is C8H16F3NO. The lowest BCUT2D eigenvalue weighted by Gasteiger charge is -2.21. The van der Waals surface area contributed by atoms with Crippen LogP contribution in [-0.4, -0.2) is 24.1 Å². The van der Waals surface area contributed by atoms with Gasteiger partial charge < -0.3 is 5.11 Å². The van der Waals surface area contributed by atoms with Crippen LogP contribution >= 0.6 is 0 Å². The van der Waals surface area contributed by atoms with Crippen LogP contribution in [0.4, 0.5) is 13.2 Å². The van der Waals surface area contributed by atoms with Crippen molar-refractivity contribution in [3.63, 3.8) is 0 Å². The third-order valence-corrected chi connectivity index (χ3v) is 2.01. The zero-order valence-corrected chi connectivity index (χ0v) is 7.86. The summed E-state index contributed by atoms with van der Waals surface area (Å²) in [7, 11) is 0. The first-order chi connectivity index (χ1) is 5.90. The summed E-state index contributed by atoms with van der Waals surface area (Å²) in [6.45, 7) is 2.55. The van der Waals surface area contributed by atoms with Crippen molar-refractivity contribution in [1.29, 1.82) is 0 Å². The Morgan fingerprint density at radius 3 is 2.00 bits per heavy atom. The molecule has 0 aliphatic carbocycles. The molecule has 0 saturated heterocycles. The van der Waals surface area contributed by atoms with Crippen LogP contribution in [0.5, 0.6) is 0 Å². The van der Waals surface area contributed by atoms with E-state index in [0.717, 1.165) is 0 Å². The molecule has 0 amide bonds. The Morgan fingerprint density at radius 2 is 1.69 bits per heavy atom. The summed E-state index contributed by atoms with van der Waals surface area (Å²) in [5.74, 6) is -0.109. The predicted molar refractivity (Wildman–Crippen MR) is 44.1 cm³/mol. The molecule has 0 aromatic rings. The van der Waals surface area contributed by atoms with E-state index in [4.69, 9.17) is 0 Å². The summed E-state index contributed by atoms with van der Waals surface area (Å²) in [6.07, 6.45) is -3.98. The fraction of sp³-hybridized carbons (Fsp3) is 1.00. The molecule has 80 valence electrons. The topological polar surface area (TPSA) is 32.3 Å². The van der Waals surface area contributed by atoms with Gasteiger partial charge in [-0.1, -0.05) is 13.8 Å². The van der Waals surface area contributed by atoms with Gasteiger partial charge in [-0.25, -0.2) is 0 Å². The number of hydrogen-bond acceptors (Lipinski definition) is 2. The normalized spacial score (nSPS) is 15.0. The van der Waals surface area contributed by atoms with Crippen LogP contribution in [0, 0.1) is 5.92 Å². The second kappa shape index (κ2) is 5.44. The minimum atomic E-state index is -4.26. The molecule has 1 unspecified atom stereocenters. The number of alkyl halides is 3. The van der Waals surface area contributed by atoms with E-state index in [9.17, 15) is 18.3 Å². The van der Waals surface area contributed by atoms with Crippen molar-refractivity contribution in [3.05, 3.63) is 0 Å². The van der Waals surface area contributed by atoms with Gasteiger partial charge >= 0.3 is 6.18 Å². The number of hydrogen-bond donors (Lipinski definition) is 2. The van der Waals surface area contributed by atoms with Gasteiger partial charge in [-0.3, -0.25) is 5.32 Å². The monoisotopic (exact) mass is 199 g/mol. The number of halogens is 3. The summed E-state index contributed by atoms with van der Waals surface area (Å²) in [5.41, 5.74) is 0. The second-order valence-electron chi connectivity index (χ2n) is 3.02. The van der Waals surface area contributed by atoms with Gasteiger partial charge in [0.1, 0.15) is 6.23 Å². The van der Waals surface area contributed by atoms with Crippen LogP contribution in [0.15, 0.2) is 0 Å². The lowest BCUT2D eigenvalue weighted by Crippen LogP contribution is -2.41. The second-order valence-corrected chi connectivity index (χ2v) is 3.02. The van der Waals surface area contributed by atoms with E-state index in [2.05, 4.69) is 5.32 Å². The van der Waals surface area contributed by atoms with Gasteiger partial charge in [0.05, 0.1) is 6.54 Å².